The maximum Gasteiger partial charge on any atom is 0.339 e. The Morgan fingerprint density at radius 3 is 1.98 bits per heavy atom. The molecule has 1 unspecified atom stereocenters. The second kappa shape index (κ2) is 17.0. The molecular formula is C37H45NO4. The number of carbonyl (C=O) groups is 2. The molecule has 1 amide bonds. The largest absolute Gasteiger partial charge is 0.507 e. The number of aryl methyl sites for hydroxylation is 1. The van der Waals surface area contributed by atoms with Crippen LogP contribution in [-0.2, 0) is 6.42 Å². The van der Waals surface area contributed by atoms with Crippen LogP contribution in [0.5, 0.6) is 5.75 Å². The summed E-state index contributed by atoms with van der Waals surface area (Å²) in [7, 11) is 0. The number of aromatic carboxylic acids is 1. The number of hydrogen-bond donors (Lipinski definition) is 2. The van der Waals surface area contributed by atoms with Crippen molar-refractivity contribution in [2.24, 2.45) is 0 Å². The van der Waals surface area contributed by atoms with E-state index in [4.69, 9.17) is 0 Å². The lowest BCUT2D eigenvalue weighted by Crippen LogP contribution is -2.36. The summed E-state index contributed by atoms with van der Waals surface area (Å²) in [5.41, 5.74) is 4.27. The third-order valence-corrected chi connectivity index (χ3v) is 7.61. The Morgan fingerprint density at radius 2 is 1.38 bits per heavy atom. The number of carbonyl (C=O) groups excluding carboxylic acids is 1. The first-order chi connectivity index (χ1) is 20.4. The standard InChI is InChI=1S/C37H45NO4/c1-4-7-10-11-26-38(36(40)32-24-25-35(39)33(27-32)37(41)42)34(13-9-6-3)31-22-20-30(21-23-31)19-18-29-16-14-28(15-17-29)12-8-5-2/h14-17,20-25,27,34,39H,4-13,26H2,1-3H3,(H,41,42). The molecule has 3 aromatic rings. The van der Waals surface area contributed by atoms with Crippen molar-refractivity contribution in [3.63, 3.8) is 0 Å². The van der Waals surface area contributed by atoms with E-state index in [1.54, 1.807) is 0 Å². The smallest absolute Gasteiger partial charge is 0.339 e. The topological polar surface area (TPSA) is 77.8 Å². The number of carboxylic acids is 1. The van der Waals surface area contributed by atoms with Crippen LogP contribution in [0.25, 0.3) is 0 Å². The quantitative estimate of drug-likeness (QED) is 0.142. The normalized spacial score (nSPS) is 11.4. The molecule has 0 bridgehead atoms. The third-order valence-electron chi connectivity index (χ3n) is 7.61. The van der Waals surface area contributed by atoms with Crippen molar-refractivity contribution in [3.05, 3.63) is 100 Å². The molecule has 0 saturated heterocycles. The molecule has 0 aliphatic rings. The van der Waals surface area contributed by atoms with Crippen molar-refractivity contribution in [3.8, 4) is 17.6 Å². The van der Waals surface area contributed by atoms with Gasteiger partial charge in [-0.3, -0.25) is 4.79 Å². The highest BCUT2D eigenvalue weighted by Gasteiger charge is 2.27. The molecule has 222 valence electrons. The molecule has 3 rings (SSSR count). The van der Waals surface area contributed by atoms with Crippen LogP contribution >= 0.6 is 0 Å². The maximum absolute atomic E-state index is 13.9. The number of unbranched alkanes of at least 4 members (excludes halogenated alkanes) is 5. The zero-order chi connectivity index (χ0) is 30.3. The van der Waals surface area contributed by atoms with Gasteiger partial charge in [0.2, 0.25) is 0 Å². The highest BCUT2D eigenvalue weighted by atomic mass is 16.4. The number of amides is 1. The second-order valence-electron chi connectivity index (χ2n) is 10.9. The zero-order valence-electron chi connectivity index (χ0n) is 25.4. The summed E-state index contributed by atoms with van der Waals surface area (Å²) in [6, 6.07) is 20.5. The minimum Gasteiger partial charge on any atom is -0.507 e. The first kappa shape index (κ1) is 32.5. The van der Waals surface area contributed by atoms with Crippen molar-refractivity contribution < 1.29 is 19.8 Å². The van der Waals surface area contributed by atoms with Crippen molar-refractivity contribution in [1.82, 2.24) is 4.90 Å². The maximum atomic E-state index is 13.9. The fourth-order valence-corrected chi connectivity index (χ4v) is 5.08. The summed E-state index contributed by atoms with van der Waals surface area (Å²) in [6.45, 7) is 7.07. The Bertz CT molecular complexity index is 1350. The fourth-order valence-electron chi connectivity index (χ4n) is 5.08. The van der Waals surface area contributed by atoms with E-state index in [-0.39, 0.29) is 28.8 Å². The average Bonchev–Trinajstić information content (AvgIpc) is 3.01. The first-order valence-corrected chi connectivity index (χ1v) is 15.5. The minimum atomic E-state index is -1.26. The molecule has 5 nitrogen and oxygen atoms in total. The van der Waals surface area contributed by atoms with E-state index in [0.717, 1.165) is 68.1 Å². The van der Waals surface area contributed by atoms with Crippen LogP contribution in [0, 0.1) is 11.8 Å². The van der Waals surface area contributed by atoms with Gasteiger partial charge in [-0.25, -0.2) is 4.79 Å². The first-order valence-electron chi connectivity index (χ1n) is 15.5. The van der Waals surface area contributed by atoms with Gasteiger partial charge in [0.15, 0.2) is 0 Å². The lowest BCUT2D eigenvalue weighted by Gasteiger charge is -2.33. The molecule has 1 atom stereocenters. The molecule has 42 heavy (non-hydrogen) atoms. The van der Waals surface area contributed by atoms with E-state index < -0.39 is 5.97 Å². The second-order valence-corrected chi connectivity index (χ2v) is 10.9. The minimum absolute atomic E-state index is 0.154. The van der Waals surface area contributed by atoms with Crippen molar-refractivity contribution in [1.29, 1.82) is 0 Å². The number of nitrogens with zero attached hydrogens (tertiary/aromatic N) is 1. The van der Waals surface area contributed by atoms with Crippen molar-refractivity contribution in [2.45, 2.75) is 91.0 Å². The van der Waals surface area contributed by atoms with Gasteiger partial charge in [0.05, 0.1) is 6.04 Å². The number of phenols is 1. The molecule has 0 saturated carbocycles. The number of aromatic hydroxyl groups is 1. The third kappa shape index (κ3) is 9.52. The van der Waals surface area contributed by atoms with E-state index >= 15 is 0 Å². The molecule has 0 aliphatic carbocycles. The van der Waals surface area contributed by atoms with Crippen LogP contribution in [-0.4, -0.2) is 33.5 Å². The molecule has 0 fully saturated rings. The van der Waals surface area contributed by atoms with E-state index in [1.807, 2.05) is 17.0 Å². The van der Waals surface area contributed by atoms with Crippen LogP contribution < -0.4 is 0 Å². The molecule has 2 N–H and O–H groups in total. The van der Waals surface area contributed by atoms with Crippen LogP contribution in [0.15, 0.2) is 66.7 Å². The van der Waals surface area contributed by atoms with E-state index in [2.05, 4.69) is 69.0 Å². The Hall–Kier alpha value is -4.04. The van der Waals surface area contributed by atoms with Gasteiger partial charge < -0.3 is 15.1 Å². The molecule has 0 aliphatic heterocycles. The summed E-state index contributed by atoms with van der Waals surface area (Å²) in [5.74, 6) is 4.71. The summed E-state index contributed by atoms with van der Waals surface area (Å²) < 4.78 is 0. The average molecular weight is 568 g/mol. The van der Waals surface area contributed by atoms with Crippen molar-refractivity contribution in [2.75, 3.05) is 6.54 Å². The van der Waals surface area contributed by atoms with Crippen molar-refractivity contribution >= 4 is 11.9 Å². The van der Waals surface area contributed by atoms with Crippen LogP contribution in [0.3, 0.4) is 0 Å². The Labute approximate surface area is 251 Å². The number of benzene rings is 3. The van der Waals surface area contributed by atoms with Gasteiger partial charge in [-0.05, 0) is 79.3 Å². The fraction of sp³-hybridized carbons (Fsp3) is 0.405. The van der Waals surface area contributed by atoms with Gasteiger partial charge >= 0.3 is 5.97 Å². The van der Waals surface area contributed by atoms with E-state index in [9.17, 15) is 19.8 Å². The van der Waals surface area contributed by atoms with Gasteiger partial charge in [0, 0.05) is 23.2 Å². The van der Waals surface area contributed by atoms with Crippen LogP contribution in [0.4, 0.5) is 0 Å². The number of rotatable bonds is 15. The summed E-state index contributed by atoms with van der Waals surface area (Å²) in [5, 5.41) is 19.5. The summed E-state index contributed by atoms with van der Waals surface area (Å²) >= 11 is 0. The predicted octanol–water partition coefficient (Wildman–Crippen LogP) is 8.79. The molecule has 3 aromatic carbocycles. The zero-order valence-corrected chi connectivity index (χ0v) is 25.4. The SMILES string of the molecule is CCCCCCN(C(=O)c1ccc(O)c(C(=O)O)c1)C(CCCC)c1ccc(C#Cc2ccc(CCCC)cc2)cc1. The number of hydrogen-bond acceptors (Lipinski definition) is 3. The van der Waals surface area contributed by atoms with Gasteiger partial charge in [-0.2, -0.15) is 0 Å². The molecule has 0 spiro atoms. The van der Waals surface area contributed by atoms with E-state index in [1.165, 1.54) is 36.6 Å². The lowest BCUT2D eigenvalue weighted by molar-refractivity contribution is 0.0659. The van der Waals surface area contributed by atoms with Gasteiger partial charge in [0.1, 0.15) is 11.3 Å². The lowest BCUT2D eigenvalue weighted by atomic mass is 9.96. The Balaban J connectivity index is 1.88. The Kier molecular flexibility index (Phi) is 13.2. The highest BCUT2D eigenvalue weighted by molar-refractivity contribution is 5.99. The highest BCUT2D eigenvalue weighted by Crippen LogP contribution is 2.30. The summed E-state index contributed by atoms with van der Waals surface area (Å²) in [6.07, 6.45) is 10.3. The van der Waals surface area contributed by atoms with Gasteiger partial charge in [0.25, 0.3) is 5.91 Å². The van der Waals surface area contributed by atoms with Gasteiger partial charge in [-0.15, -0.1) is 0 Å². The Morgan fingerprint density at radius 1 is 0.762 bits per heavy atom. The van der Waals surface area contributed by atoms with E-state index in [0.29, 0.717) is 6.54 Å². The molecule has 0 radical (unpaired) electrons. The molecule has 0 aromatic heterocycles. The molecule has 0 heterocycles. The summed E-state index contributed by atoms with van der Waals surface area (Å²) in [4.78, 5) is 27.4. The van der Waals surface area contributed by atoms with Crippen LogP contribution in [0.2, 0.25) is 0 Å². The van der Waals surface area contributed by atoms with Crippen LogP contribution in [0.1, 0.15) is 128 Å². The molecular weight excluding hydrogens is 522 g/mol. The molecule has 5 heteroatoms. The van der Waals surface area contributed by atoms with Gasteiger partial charge in [-0.1, -0.05) is 95.4 Å². The number of carboxylic acid groups (broad SMARTS) is 1. The monoisotopic (exact) mass is 567 g/mol. The predicted molar refractivity (Wildman–Crippen MR) is 170 cm³/mol.